The van der Waals surface area contributed by atoms with E-state index in [0.717, 1.165) is 35.7 Å². The largest absolute Gasteiger partial charge is 0.454 e. The number of hydrogen-bond acceptors (Lipinski definition) is 4. The highest BCUT2D eigenvalue weighted by Gasteiger charge is 2.16. The minimum atomic E-state index is 0.314. The standard InChI is InChI=1S/C14H19NO3/c1-11(2)9-16-7-6-15-8-12-4-3-5-13-14(12)18-10-17-13/h3-5,15H,1,6-10H2,2H3. The van der Waals surface area contributed by atoms with E-state index in [1.807, 2.05) is 25.1 Å². The summed E-state index contributed by atoms with van der Waals surface area (Å²) in [7, 11) is 0. The fraction of sp³-hybridized carbons (Fsp3) is 0.429. The lowest BCUT2D eigenvalue weighted by Gasteiger charge is -2.08. The maximum atomic E-state index is 5.43. The van der Waals surface area contributed by atoms with Gasteiger partial charge in [0.05, 0.1) is 13.2 Å². The van der Waals surface area contributed by atoms with Crippen molar-refractivity contribution in [1.82, 2.24) is 5.32 Å². The Morgan fingerprint density at radius 2 is 2.33 bits per heavy atom. The van der Waals surface area contributed by atoms with Crippen molar-refractivity contribution in [3.05, 3.63) is 35.9 Å². The average molecular weight is 249 g/mol. The second-order valence-corrected chi connectivity index (χ2v) is 4.34. The van der Waals surface area contributed by atoms with Gasteiger partial charge in [0.1, 0.15) is 0 Å². The summed E-state index contributed by atoms with van der Waals surface area (Å²) in [6.07, 6.45) is 0. The minimum Gasteiger partial charge on any atom is -0.454 e. The van der Waals surface area contributed by atoms with Crippen molar-refractivity contribution in [3.63, 3.8) is 0 Å². The highest BCUT2D eigenvalue weighted by Crippen LogP contribution is 2.35. The van der Waals surface area contributed by atoms with Gasteiger partial charge >= 0.3 is 0 Å². The molecule has 0 amide bonds. The van der Waals surface area contributed by atoms with Crippen molar-refractivity contribution in [1.29, 1.82) is 0 Å². The summed E-state index contributed by atoms with van der Waals surface area (Å²) >= 11 is 0. The third kappa shape index (κ3) is 3.48. The predicted octanol–water partition coefficient (Wildman–Crippen LogP) is 2.10. The van der Waals surface area contributed by atoms with Crippen molar-refractivity contribution in [3.8, 4) is 11.5 Å². The molecule has 1 aromatic rings. The van der Waals surface area contributed by atoms with Gasteiger partial charge in [-0.1, -0.05) is 24.3 Å². The van der Waals surface area contributed by atoms with Crippen LogP contribution in [0.25, 0.3) is 0 Å². The number of rotatable bonds is 7. The first kappa shape index (κ1) is 12.9. The first-order valence-electron chi connectivity index (χ1n) is 6.07. The molecule has 4 nitrogen and oxygen atoms in total. The van der Waals surface area contributed by atoms with Gasteiger partial charge in [-0.05, 0) is 13.0 Å². The van der Waals surface area contributed by atoms with E-state index < -0.39 is 0 Å². The lowest BCUT2D eigenvalue weighted by molar-refractivity contribution is 0.157. The molecule has 0 saturated heterocycles. The van der Waals surface area contributed by atoms with E-state index in [4.69, 9.17) is 14.2 Å². The first-order valence-corrected chi connectivity index (χ1v) is 6.07. The normalized spacial score (nSPS) is 12.7. The molecule has 1 aliphatic heterocycles. The van der Waals surface area contributed by atoms with Crippen LogP contribution in [0.2, 0.25) is 0 Å². The second-order valence-electron chi connectivity index (χ2n) is 4.34. The number of nitrogens with one attached hydrogen (secondary N) is 1. The smallest absolute Gasteiger partial charge is 0.231 e. The molecule has 1 aromatic carbocycles. The second kappa shape index (κ2) is 6.42. The van der Waals surface area contributed by atoms with E-state index in [0.29, 0.717) is 20.0 Å². The van der Waals surface area contributed by atoms with Gasteiger partial charge in [0, 0.05) is 18.7 Å². The Bertz CT molecular complexity index is 418. The molecule has 18 heavy (non-hydrogen) atoms. The fourth-order valence-corrected chi connectivity index (χ4v) is 1.74. The molecule has 0 unspecified atom stereocenters. The molecule has 0 spiro atoms. The van der Waals surface area contributed by atoms with Crippen molar-refractivity contribution in [2.75, 3.05) is 26.6 Å². The Morgan fingerprint density at radius 3 is 3.17 bits per heavy atom. The van der Waals surface area contributed by atoms with E-state index in [9.17, 15) is 0 Å². The molecule has 0 atom stereocenters. The first-order chi connectivity index (χ1) is 8.77. The fourth-order valence-electron chi connectivity index (χ4n) is 1.74. The van der Waals surface area contributed by atoms with Crippen LogP contribution in [-0.2, 0) is 11.3 Å². The van der Waals surface area contributed by atoms with Crippen LogP contribution in [0.15, 0.2) is 30.4 Å². The number of benzene rings is 1. The Balaban J connectivity index is 1.71. The molecule has 1 heterocycles. The zero-order chi connectivity index (χ0) is 12.8. The zero-order valence-corrected chi connectivity index (χ0v) is 10.7. The third-order valence-corrected chi connectivity index (χ3v) is 2.57. The molecule has 0 fully saturated rings. The van der Waals surface area contributed by atoms with Crippen LogP contribution in [0.1, 0.15) is 12.5 Å². The molecule has 2 rings (SSSR count). The Kier molecular flexibility index (Phi) is 4.61. The van der Waals surface area contributed by atoms with Crippen LogP contribution in [0.3, 0.4) is 0 Å². The van der Waals surface area contributed by atoms with E-state index >= 15 is 0 Å². The van der Waals surface area contributed by atoms with Crippen LogP contribution in [0, 0.1) is 0 Å². The number of ether oxygens (including phenoxy) is 3. The molecule has 0 radical (unpaired) electrons. The number of para-hydroxylation sites is 1. The highest BCUT2D eigenvalue weighted by atomic mass is 16.7. The van der Waals surface area contributed by atoms with Gasteiger partial charge in [0.2, 0.25) is 6.79 Å². The molecule has 0 aliphatic carbocycles. The average Bonchev–Trinajstić information content (AvgIpc) is 2.82. The molecule has 0 aromatic heterocycles. The number of hydrogen-bond donors (Lipinski definition) is 1. The van der Waals surface area contributed by atoms with Gasteiger partial charge in [0.25, 0.3) is 0 Å². The van der Waals surface area contributed by atoms with E-state index in [-0.39, 0.29) is 0 Å². The molecular formula is C14H19NO3. The summed E-state index contributed by atoms with van der Waals surface area (Å²) in [6.45, 7) is 8.91. The summed E-state index contributed by atoms with van der Waals surface area (Å²) < 4.78 is 16.2. The summed E-state index contributed by atoms with van der Waals surface area (Å²) in [5.74, 6) is 1.68. The topological polar surface area (TPSA) is 39.7 Å². The summed E-state index contributed by atoms with van der Waals surface area (Å²) in [5.41, 5.74) is 2.16. The predicted molar refractivity (Wildman–Crippen MR) is 69.9 cm³/mol. The maximum Gasteiger partial charge on any atom is 0.231 e. The molecule has 1 aliphatic rings. The van der Waals surface area contributed by atoms with E-state index in [1.54, 1.807) is 0 Å². The SMILES string of the molecule is C=C(C)COCCNCc1cccc2c1OCO2. The monoisotopic (exact) mass is 249 g/mol. The van der Waals surface area contributed by atoms with Crippen LogP contribution in [0.4, 0.5) is 0 Å². The molecule has 4 heteroatoms. The molecule has 98 valence electrons. The Labute approximate surface area is 108 Å². The van der Waals surface area contributed by atoms with Crippen LogP contribution in [0.5, 0.6) is 11.5 Å². The third-order valence-electron chi connectivity index (χ3n) is 2.57. The van der Waals surface area contributed by atoms with Gasteiger partial charge < -0.3 is 19.5 Å². The molecule has 1 N–H and O–H groups in total. The summed E-state index contributed by atoms with van der Waals surface area (Å²) in [4.78, 5) is 0. The van der Waals surface area contributed by atoms with Crippen LogP contribution >= 0.6 is 0 Å². The van der Waals surface area contributed by atoms with Crippen LogP contribution < -0.4 is 14.8 Å². The summed E-state index contributed by atoms with van der Waals surface area (Å²) in [5, 5.41) is 3.31. The minimum absolute atomic E-state index is 0.314. The van der Waals surface area contributed by atoms with Crippen molar-refractivity contribution < 1.29 is 14.2 Å². The maximum absolute atomic E-state index is 5.43. The van der Waals surface area contributed by atoms with Crippen molar-refractivity contribution >= 4 is 0 Å². The van der Waals surface area contributed by atoms with Gasteiger partial charge in [-0.15, -0.1) is 0 Å². The van der Waals surface area contributed by atoms with E-state index in [2.05, 4.69) is 11.9 Å². The van der Waals surface area contributed by atoms with Crippen LogP contribution in [-0.4, -0.2) is 26.6 Å². The van der Waals surface area contributed by atoms with Crippen molar-refractivity contribution in [2.45, 2.75) is 13.5 Å². The number of fused-ring (bicyclic) bond motifs is 1. The summed E-state index contributed by atoms with van der Waals surface area (Å²) in [6, 6.07) is 5.93. The molecule has 0 saturated carbocycles. The van der Waals surface area contributed by atoms with Gasteiger partial charge in [-0.3, -0.25) is 0 Å². The highest BCUT2D eigenvalue weighted by molar-refractivity contribution is 5.48. The van der Waals surface area contributed by atoms with Crippen molar-refractivity contribution in [2.24, 2.45) is 0 Å². The van der Waals surface area contributed by atoms with Gasteiger partial charge in [-0.25, -0.2) is 0 Å². The lowest BCUT2D eigenvalue weighted by atomic mass is 10.2. The molecular weight excluding hydrogens is 230 g/mol. The Hall–Kier alpha value is -1.52. The molecule has 0 bridgehead atoms. The lowest BCUT2D eigenvalue weighted by Crippen LogP contribution is -2.19. The quantitative estimate of drug-likeness (QED) is 0.593. The zero-order valence-electron chi connectivity index (χ0n) is 10.7. The van der Waals surface area contributed by atoms with Gasteiger partial charge in [0.15, 0.2) is 11.5 Å². The Morgan fingerprint density at radius 1 is 1.44 bits per heavy atom. The van der Waals surface area contributed by atoms with Gasteiger partial charge in [-0.2, -0.15) is 0 Å². The van der Waals surface area contributed by atoms with E-state index in [1.165, 1.54) is 0 Å².